The first-order chi connectivity index (χ1) is 9.56. The number of aromatic nitrogens is 1. The van der Waals surface area contributed by atoms with E-state index >= 15 is 0 Å². The lowest BCUT2D eigenvalue weighted by molar-refractivity contribution is -0.305. The minimum absolute atomic E-state index is 0.0787. The van der Waals surface area contributed by atoms with Crippen molar-refractivity contribution in [3.05, 3.63) is 34.1 Å². The zero-order chi connectivity index (χ0) is 14.5. The highest BCUT2D eigenvalue weighted by Gasteiger charge is 2.08. The summed E-state index contributed by atoms with van der Waals surface area (Å²) in [5.74, 6) is -1.01. The molecule has 1 aromatic heterocycles. The van der Waals surface area contributed by atoms with Gasteiger partial charge in [-0.25, -0.2) is 4.98 Å². The fraction of sp³-hybridized carbons (Fsp3) is 0.286. The fourth-order valence-corrected chi connectivity index (χ4v) is 2.84. The van der Waals surface area contributed by atoms with Gasteiger partial charge >= 0.3 is 0 Å². The van der Waals surface area contributed by atoms with E-state index in [1.54, 1.807) is 11.3 Å². The topological polar surface area (TPSA) is 56.3 Å². The number of hydrogen-bond acceptors (Lipinski definition) is 5. The lowest BCUT2D eigenvalue weighted by atomic mass is 10.2. The van der Waals surface area contributed by atoms with Gasteiger partial charge in [0.25, 0.3) is 0 Å². The van der Waals surface area contributed by atoms with Gasteiger partial charge < -0.3 is 14.8 Å². The number of halogens is 1. The molecule has 0 aliphatic carbocycles. The molecule has 0 bridgehead atoms. The van der Waals surface area contributed by atoms with Crippen molar-refractivity contribution < 1.29 is 9.90 Å². The van der Waals surface area contributed by atoms with Gasteiger partial charge in [0.05, 0.1) is 5.69 Å². The van der Waals surface area contributed by atoms with Gasteiger partial charge in [-0.2, -0.15) is 0 Å². The van der Waals surface area contributed by atoms with Crippen LogP contribution in [0.15, 0.2) is 34.1 Å². The van der Waals surface area contributed by atoms with E-state index in [0.717, 1.165) is 20.9 Å². The predicted molar refractivity (Wildman–Crippen MR) is 82.8 cm³/mol. The SMILES string of the molecule is CN(CCCC(=O)[O-])c1nc(-c2ccc(Br)cc2)cs1. The van der Waals surface area contributed by atoms with E-state index in [-0.39, 0.29) is 6.42 Å². The van der Waals surface area contributed by atoms with E-state index in [4.69, 9.17) is 0 Å². The number of hydrogen-bond donors (Lipinski definition) is 0. The molecule has 0 radical (unpaired) electrons. The minimum Gasteiger partial charge on any atom is -0.550 e. The van der Waals surface area contributed by atoms with Gasteiger partial charge in [-0.3, -0.25) is 0 Å². The van der Waals surface area contributed by atoms with Crippen LogP contribution in [0.1, 0.15) is 12.8 Å². The molecule has 0 fully saturated rings. The number of carboxylic acids is 1. The first-order valence-corrected chi connectivity index (χ1v) is 7.86. The molecule has 0 atom stereocenters. The Balaban J connectivity index is 2.01. The Morgan fingerprint density at radius 1 is 1.40 bits per heavy atom. The molecule has 2 rings (SSSR count). The average molecular weight is 354 g/mol. The first-order valence-electron chi connectivity index (χ1n) is 6.18. The Kier molecular flexibility index (Phi) is 5.14. The quantitative estimate of drug-likeness (QED) is 0.800. The molecule has 0 N–H and O–H groups in total. The van der Waals surface area contributed by atoms with Gasteiger partial charge in [0, 0.05) is 35.0 Å². The molecule has 6 heteroatoms. The zero-order valence-corrected chi connectivity index (χ0v) is 13.4. The molecule has 0 amide bonds. The average Bonchev–Trinajstić information content (AvgIpc) is 2.88. The Labute approximate surface area is 130 Å². The van der Waals surface area contributed by atoms with E-state index in [2.05, 4.69) is 20.9 Å². The summed E-state index contributed by atoms with van der Waals surface area (Å²) in [6.45, 7) is 0.654. The maximum absolute atomic E-state index is 10.4. The molecule has 106 valence electrons. The fourth-order valence-electron chi connectivity index (χ4n) is 1.75. The molecule has 20 heavy (non-hydrogen) atoms. The number of aliphatic carboxylic acids is 1. The number of carbonyl (C=O) groups is 1. The Bertz CT molecular complexity index is 583. The van der Waals surface area contributed by atoms with E-state index in [1.807, 2.05) is 41.6 Å². The van der Waals surface area contributed by atoms with Crippen molar-refractivity contribution in [1.82, 2.24) is 4.98 Å². The van der Waals surface area contributed by atoms with Crippen molar-refractivity contribution in [2.24, 2.45) is 0 Å². The monoisotopic (exact) mass is 353 g/mol. The van der Waals surface area contributed by atoms with Crippen LogP contribution in [-0.4, -0.2) is 24.5 Å². The summed E-state index contributed by atoms with van der Waals surface area (Å²) < 4.78 is 1.04. The third-order valence-electron chi connectivity index (χ3n) is 2.83. The molecule has 1 aromatic carbocycles. The number of carboxylic acid groups (broad SMARTS) is 1. The van der Waals surface area contributed by atoms with E-state index in [9.17, 15) is 9.90 Å². The number of thiazole rings is 1. The summed E-state index contributed by atoms with van der Waals surface area (Å²) in [5, 5.41) is 13.3. The van der Waals surface area contributed by atoms with Crippen molar-refractivity contribution in [1.29, 1.82) is 0 Å². The third kappa shape index (κ3) is 4.05. The van der Waals surface area contributed by atoms with E-state index in [0.29, 0.717) is 13.0 Å². The summed E-state index contributed by atoms with van der Waals surface area (Å²) in [5.41, 5.74) is 2.00. The number of carbonyl (C=O) groups excluding carboxylic acids is 1. The predicted octanol–water partition coefficient (Wildman–Crippen LogP) is 2.54. The van der Waals surface area contributed by atoms with Crippen LogP contribution in [0.2, 0.25) is 0 Å². The summed E-state index contributed by atoms with van der Waals surface area (Å²) in [6.07, 6.45) is 0.640. The summed E-state index contributed by atoms with van der Waals surface area (Å²) in [4.78, 5) is 16.9. The normalized spacial score (nSPS) is 10.5. The van der Waals surface area contributed by atoms with Crippen molar-refractivity contribution in [2.45, 2.75) is 12.8 Å². The zero-order valence-electron chi connectivity index (χ0n) is 11.0. The van der Waals surface area contributed by atoms with E-state index in [1.165, 1.54) is 0 Å². The van der Waals surface area contributed by atoms with Crippen LogP contribution in [-0.2, 0) is 4.79 Å². The second-order valence-electron chi connectivity index (χ2n) is 4.42. The van der Waals surface area contributed by atoms with Crippen molar-refractivity contribution in [3.63, 3.8) is 0 Å². The van der Waals surface area contributed by atoms with Crippen molar-refractivity contribution in [3.8, 4) is 11.3 Å². The number of benzene rings is 1. The van der Waals surface area contributed by atoms with Gasteiger partial charge in [-0.1, -0.05) is 28.1 Å². The smallest absolute Gasteiger partial charge is 0.185 e. The molecule has 0 spiro atoms. The molecule has 0 saturated heterocycles. The van der Waals surface area contributed by atoms with Crippen LogP contribution in [0.5, 0.6) is 0 Å². The second-order valence-corrected chi connectivity index (χ2v) is 6.17. The lowest BCUT2D eigenvalue weighted by Crippen LogP contribution is -2.25. The molecular weight excluding hydrogens is 340 g/mol. The summed E-state index contributed by atoms with van der Waals surface area (Å²) in [7, 11) is 1.92. The molecule has 0 aliphatic rings. The highest BCUT2D eigenvalue weighted by Crippen LogP contribution is 2.27. The molecule has 4 nitrogen and oxygen atoms in total. The van der Waals surface area contributed by atoms with Crippen molar-refractivity contribution in [2.75, 3.05) is 18.5 Å². The molecule has 0 unspecified atom stereocenters. The Morgan fingerprint density at radius 2 is 2.10 bits per heavy atom. The second kappa shape index (κ2) is 6.85. The highest BCUT2D eigenvalue weighted by molar-refractivity contribution is 9.10. The molecular formula is C14H14BrN2O2S-. The highest BCUT2D eigenvalue weighted by atomic mass is 79.9. The minimum atomic E-state index is -1.01. The lowest BCUT2D eigenvalue weighted by Gasteiger charge is -2.15. The molecule has 0 saturated carbocycles. The van der Waals surface area contributed by atoms with Crippen LogP contribution < -0.4 is 10.0 Å². The van der Waals surface area contributed by atoms with E-state index < -0.39 is 5.97 Å². The van der Waals surface area contributed by atoms with Crippen LogP contribution in [0, 0.1) is 0 Å². The number of anilines is 1. The first kappa shape index (κ1) is 15.0. The molecule has 2 aromatic rings. The maximum atomic E-state index is 10.4. The third-order valence-corrected chi connectivity index (χ3v) is 4.32. The summed E-state index contributed by atoms with van der Waals surface area (Å²) >= 11 is 4.96. The summed E-state index contributed by atoms with van der Waals surface area (Å²) in [6, 6.07) is 7.99. The van der Waals surface area contributed by atoms with Crippen LogP contribution in [0.3, 0.4) is 0 Å². The number of rotatable bonds is 6. The van der Waals surface area contributed by atoms with Gasteiger partial charge in [0.1, 0.15) is 0 Å². The van der Waals surface area contributed by atoms with Gasteiger partial charge in [0.15, 0.2) is 5.13 Å². The molecule has 1 heterocycles. The van der Waals surface area contributed by atoms with Gasteiger partial charge in [-0.05, 0) is 25.0 Å². The maximum Gasteiger partial charge on any atom is 0.185 e. The molecule has 0 aliphatic heterocycles. The van der Waals surface area contributed by atoms with Crippen LogP contribution in [0.25, 0.3) is 11.3 Å². The standard InChI is InChI=1S/C14H15BrN2O2S/c1-17(8-2-3-13(18)19)14-16-12(9-20-14)10-4-6-11(15)7-5-10/h4-7,9H,2-3,8H2,1H3,(H,18,19)/p-1. The van der Waals surface area contributed by atoms with Gasteiger partial charge in [-0.15, -0.1) is 11.3 Å². The largest absolute Gasteiger partial charge is 0.550 e. The van der Waals surface area contributed by atoms with Crippen molar-refractivity contribution >= 4 is 38.4 Å². The number of nitrogens with zero attached hydrogens (tertiary/aromatic N) is 2. The van der Waals surface area contributed by atoms with Gasteiger partial charge in [0.2, 0.25) is 0 Å². The van der Waals surface area contributed by atoms with Crippen LogP contribution in [0.4, 0.5) is 5.13 Å². The van der Waals surface area contributed by atoms with Crippen LogP contribution >= 0.6 is 27.3 Å². The Hall–Kier alpha value is -1.40. The Morgan fingerprint density at radius 3 is 2.75 bits per heavy atom.